The fraction of sp³-hybridized carbons (Fsp3) is 0.261. The predicted octanol–water partition coefficient (Wildman–Crippen LogP) is 5.37. The van der Waals surface area contributed by atoms with Crippen LogP contribution in [0.3, 0.4) is 0 Å². The van der Waals surface area contributed by atoms with Crippen LogP contribution in [0.5, 0.6) is 6.01 Å². The van der Waals surface area contributed by atoms with Crippen LogP contribution in [0.15, 0.2) is 24.4 Å². The van der Waals surface area contributed by atoms with Gasteiger partial charge in [-0.25, -0.2) is 13.8 Å². The first-order valence-corrected chi connectivity index (χ1v) is 11.5. The summed E-state index contributed by atoms with van der Waals surface area (Å²) in [6.45, 7) is 1.41. The Morgan fingerprint density at radius 1 is 1.39 bits per heavy atom. The highest BCUT2D eigenvalue weighted by Crippen LogP contribution is 2.44. The summed E-state index contributed by atoms with van der Waals surface area (Å²) in [6.07, 6.45) is 3.57. The van der Waals surface area contributed by atoms with E-state index < -0.39 is 11.6 Å². The van der Waals surface area contributed by atoms with E-state index >= 15 is 4.39 Å². The Kier molecular flexibility index (Phi) is 5.52. The molecule has 1 fully saturated rings. The van der Waals surface area contributed by atoms with Gasteiger partial charge >= 0.3 is 6.01 Å². The van der Waals surface area contributed by atoms with E-state index in [9.17, 15) is 9.65 Å². The second-order valence-corrected chi connectivity index (χ2v) is 9.44. The van der Waals surface area contributed by atoms with Crippen LogP contribution in [0, 0.1) is 23.0 Å². The minimum atomic E-state index is -0.704. The fourth-order valence-electron chi connectivity index (χ4n) is 4.27. The molecule has 0 bridgehead atoms. The van der Waals surface area contributed by atoms with Gasteiger partial charge in [-0.15, -0.1) is 11.3 Å². The number of nitrogens with two attached hydrogens (primary N) is 1. The van der Waals surface area contributed by atoms with E-state index in [2.05, 4.69) is 14.9 Å². The number of likely N-dealkylation sites (N-methyl/N-ethyl adjacent to an activating group) is 1. The highest BCUT2D eigenvalue weighted by molar-refractivity contribution is 7.23. The van der Waals surface area contributed by atoms with Crippen LogP contribution in [0.1, 0.15) is 18.4 Å². The number of aromatic nitrogens is 2. The molecular formula is C23H18ClF2N5OS. The zero-order valence-electron chi connectivity index (χ0n) is 17.5. The van der Waals surface area contributed by atoms with Crippen molar-refractivity contribution in [3.05, 3.63) is 46.6 Å². The molecule has 1 aliphatic rings. The van der Waals surface area contributed by atoms with Crippen LogP contribution >= 0.6 is 22.9 Å². The molecule has 2 N–H and O–H groups in total. The fourth-order valence-corrected chi connectivity index (χ4v) is 5.53. The van der Waals surface area contributed by atoms with Crippen molar-refractivity contribution in [1.29, 1.82) is 5.26 Å². The van der Waals surface area contributed by atoms with Gasteiger partial charge in [-0.3, -0.25) is 0 Å². The number of hydrogen-bond donors (Lipinski definition) is 1. The van der Waals surface area contributed by atoms with Gasteiger partial charge in [0.2, 0.25) is 0 Å². The maximum absolute atomic E-state index is 15.8. The molecular weight excluding hydrogens is 468 g/mol. The lowest BCUT2D eigenvalue weighted by atomic mass is 9.97. The highest BCUT2D eigenvalue weighted by Gasteiger charge is 2.24. The molecule has 0 unspecified atom stereocenters. The number of thiophene rings is 1. The van der Waals surface area contributed by atoms with Gasteiger partial charge in [0.25, 0.3) is 0 Å². The molecule has 0 radical (unpaired) electrons. The van der Waals surface area contributed by atoms with Crippen molar-refractivity contribution in [1.82, 2.24) is 14.9 Å². The maximum Gasteiger partial charge on any atom is 0.317 e. The van der Waals surface area contributed by atoms with Crippen LogP contribution in [0.4, 0.5) is 13.8 Å². The monoisotopic (exact) mass is 485 g/mol. The number of benzene rings is 2. The van der Waals surface area contributed by atoms with Crippen LogP contribution in [-0.4, -0.2) is 41.1 Å². The summed E-state index contributed by atoms with van der Waals surface area (Å²) in [5, 5.41) is 10.4. The summed E-state index contributed by atoms with van der Waals surface area (Å²) in [4.78, 5) is 10.7. The molecule has 33 heavy (non-hydrogen) atoms. The van der Waals surface area contributed by atoms with E-state index in [1.165, 1.54) is 18.3 Å². The lowest BCUT2D eigenvalue weighted by Crippen LogP contribution is -2.30. The second-order valence-electron chi connectivity index (χ2n) is 7.98. The first-order chi connectivity index (χ1) is 15.9. The Labute approximate surface area is 197 Å². The summed E-state index contributed by atoms with van der Waals surface area (Å²) < 4.78 is 36.2. The van der Waals surface area contributed by atoms with Crippen LogP contribution in [0.25, 0.3) is 32.1 Å². The van der Waals surface area contributed by atoms with Gasteiger partial charge in [-0.1, -0.05) is 17.7 Å². The van der Waals surface area contributed by atoms with Gasteiger partial charge in [-0.05, 0) is 44.1 Å². The van der Waals surface area contributed by atoms with E-state index in [1.807, 2.05) is 13.1 Å². The largest absolute Gasteiger partial charge is 0.462 e. The number of ether oxygens (including phenoxy) is 1. The van der Waals surface area contributed by atoms with Gasteiger partial charge in [0, 0.05) is 28.6 Å². The molecule has 0 amide bonds. The summed E-state index contributed by atoms with van der Waals surface area (Å²) in [7, 11) is 2.03. The number of halogens is 3. The van der Waals surface area contributed by atoms with Gasteiger partial charge < -0.3 is 15.4 Å². The zero-order valence-corrected chi connectivity index (χ0v) is 19.1. The third-order valence-corrected chi connectivity index (χ3v) is 7.34. The number of likely N-dealkylation sites (tertiary alicyclic amines) is 1. The minimum absolute atomic E-state index is 0.0173. The van der Waals surface area contributed by atoms with Crippen molar-refractivity contribution in [2.75, 3.05) is 25.9 Å². The molecule has 4 aromatic rings. The molecule has 0 aliphatic carbocycles. The van der Waals surface area contributed by atoms with Crippen LogP contribution < -0.4 is 10.5 Å². The second kappa shape index (κ2) is 8.37. The van der Waals surface area contributed by atoms with Crippen molar-refractivity contribution in [2.45, 2.75) is 18.9 Å². The Balaban J connectivity index is 1.64. The van der Waals surface area contributed by atoms with Gasteiger partial charge in [-0.2, -0.15) is 10.2 Å². The molecule has 0 spiro atoms. The highest BCUT2D eigenvalue weighted by atomic mass is 35.5. The number of nitriles is 1. The maximum atomic E-state index is 15.8. The number of rotatable bonds is 4. The minimum Gasteiger partial charge on any atom is -0.462 e. The molecule has 2 aromatic carbocycles. The lowest BCUT2D eigenvalue weighted by Gasteiger charge is -2.19. The number of nitrogens with zero attached hydrogens (tertiary/aromatic N) is 4. The van der Waals surface area contributed by atoms with Gasteiger partial charge in [0.1, 0.15) is 29.0 Å². The molecule has 10 heteroatoms. The molecule has 5 rings (SSSR count). The Bertz CT molecular complexity index is 1450. The summed E-state index contributed by atoms with van der Waals surface area (Å²) in [5.74, 6) is -1.25. The average molecular weight is 486 g/mol. The molecule has 0 saturated carbocycles. The third kappa shape index (κ3) is 3.64. The smallest absolute Gasteiger partial charge is 0.317 e. The van der Waals surface area contributed by atoms with E-state index in [0.717, 1.165) is 30.7 Å². The van der Waals surface area contributed by atoms with Crippen LogP contribution in [-0.2, 0) is 0 Å². The molecule has 2 aromatic heterocycles. The van der Waals surface area contributed by atoms with E-state index in [1.54, 1.807) is 6.07 Å². The van der Waals surface area contributed by atoms with E-state index in [-0.39, 0.29) is 54.4 Å². The molecule has 3 heterocycles. The Morgan fingerprint density at radius 2 is 2.21 bits per heavy atom. The number of hydrogen-bond acceptors (Lipinski definition) is 7. The summed E-state index contributed by atoms with van der Waals surface area (Å²) in [6, 6.07) is 6.47. The topological polar surface area (TPSA) is 88.1 Å². The third-order valence-electron chi connectivity index (χ3n) is 6.02. The molecule has 1 aliphatic heterocycles. The van der Waals surface area contributed by atoms with Crippen LogP contribution in [0.2, 0.25) is 5.02 Å². The van der Waals surface area contributed by atoms with E-state index in [0.29, 0.717) is 12.0 Å². The van der Waals surface area contributed by atoms with Gasteiger partial charge in [0.05, 0.1) is 15.3 Å². The quantitative estimate of drug-likeness (QED) is 0.418. The Morgan fingerprint density at radius 3 is 2.94 bits per heavy atom. The van der Waals surface area contributed by atoms with Crippen molar-refractivity contribution >= 4 is 48.9 Å². The normalized spacial score (nSPS) is 16.5. The SMILES string of the molecule is CN1CCC[C@@H]1COc1ncc2cc(Cl)c(-c3ccc(F)c4sc(N)c(C#N)c34)c(F)c2n1. The molecule has 168 valence electrons. The van der Waals surface area contributed by atoms with Gasteiger partial charge in [0.15, 0.2) is 5.82 Å². The number of fused-ring (bicyclic) bond motifs is 2. The number of nitrogen functional groups attached to an aromatic ring is 1. The molecule has 1 atom stereocenters. The van der Waals surface area contributed by atoms with E-state index in [4.69, 9.17) is 22.1 Å². The van der Waals surface area contributed by atoms with Crippen molar-refractivity contribution in [3.63, 3.8) is 0 Å². The van der Waals surface area contributed by atoms with Crippen molar-refractivity contribution in [2.24, 2.45) is 0 Å². The average Bonchev–Trinajstić information content (AvgIpc) is 3.36. The zero-order chi connectivity index (χ0) is 23.3. The van der Waals surface area contributed by atoms with Crippen molar-refractivity contribution < 1.29 is 13.5 Å². The lowest BCUT2D eigenvalue weighted by molar-refractivity contribution is 0.188. The summed E-state index contributed by atoms with van der Waals surface area (Å²) >= 11 is 7.39. The van der Waals surface area contributed by atoms with Crippen molar-refractivity contribution in [3.8, 4) is 23.2 Å². The predicted molar refractivity (Wildman–Crippen MR) is 126 cm³/mol. The Hall–Kier alpha value is -3.06. The number of anilines is 1. The molecule has 6 nitrogen and oxygen atoms in total. The molecule has 1 saturated heterocycles. The first-order valence-electron chi connectivity index (χ1n) is 10.3. The summed E-state index contributed by atoms with van der Waals surface area (Å²) in [5.41, 5.74) is 6.33. The first kappa shape index (κ1) is 21.8. The standard InChI is InChI=1S/C23H18ClF2N5OS/c1-31-6-2-3-12(31)10-32-23-29-9-11-7-15(24)18(19(26)20(11)30-23)13-4-5-16(25)21-17(13)14(8-27)22(28)33-21/h4-5,7,9,12H,2-3,6,10,28H2,1H3/t12-/m1/s1.